The van der Waals surface area contributed by atoms with Gasteiger partial charge in [0.2, 0.25) is 0 Å². The molecule has 2 saturated carbocycles. The molecule has 0 aromatic carbocycles. The second kappa shape index (κ2) is 2.97. The van der Waals surface area contributed by atoms with Gasteiger partial charge in [-0.15, -0.1) is 5.10 Å². The molecule has 14 heavy (non-hydrogen) atoms. The van der Waals surface area contributed by atoms with E-state index in [4.69, 9.17) is 5.73 Å². The van der Waals surface area contributed by atoms with Crippen LogP contribution in [0.15, 0.2) is 0 Å². The minimum Gasteiger partial charge on any atom is -0.382 e. The molecular weight excluding hydrogens is 176 g/mol. The Bertz CT molecular complexity index is 304. The maximum atomic E-state index is 6.06. The highest BCUT2D eigenvalue weighted by Crippen LogP contribution is 2.40. The summed E-state index contributed by atoms with van der Waals surface area (Å²) in [6.45, 7) is 0. The van der Waals surface area contributed by atoms with Crippen LogP contribution >= 0.6 is 0 Å². The molecule has 0 spiro atoms. The summed E-state index contributed by atoms with van der Waals surface area (Å²) in [6.07, 6.45) is 7.56. The van der Waals surface area contributed by atoms with Gasteiger partial charge in [0, 0.05) is 5.92 Å². The van der Waals surface area contributed by atoms with E-state index in [1.807, 2.05) is 4.68 Å². The van der Waals surface area contributed by atoms with Gasteiger partial charge in [-0.3, -0.25) is 0 Å². The van der Waals surface area contributed by atoms with E-state index in [1.54, 1.807) is 0 Å². The number of nitrogen functional groups attached to an aromatic ring is 1. The van der Waals surface area contributed by atoms with Crippen LogP contribution in [0.3, 0.4) is 0 Å². The van der Waals surface area contributed by atoms with Crippen molar-refractivity contribution in [2.24, 2.45) is 0 Å². The van der Waals surface area contributed by atoms with Crippen LogP contribution in [0.1, 0.15) is 56.2 Å². The topological polar surface area (TPSA) is 56.7 Å². The average Bonchev–Trinajstić information content (AvgIpc) is 2.30. The lowest BCUT2D eigenvalue weighted by Crippen LogP contribution is -2.20. The lowest BCUT2D eigenvalue weighted by atomic mass is 9.83. The minimum atomic E-state index is 0.538. The molecule has 0 unspecified atom stereocenters. The Morgan fingerprint density at radius 3 is 2.36 bits per heavy atom. The molecule has 0 atom stereocenters. The molecule has 2 fully saturated rings. The summed E-state index contributed by atoms with van der Waals surface area (Å²) in [5.74, 6) is 1.43. The molecule has 0 amide bonds. The Morgan fingerprint density at radius 1 is 1.14 bits per heavy atom. The summed E-state index contributed by atoms with van der Waals surface area (Å²) >= 11 is 0. The van der Waals surface area contributed by atoms with Gasteiger partial charge in [-0.1, -0.05) is 11.6 Å². The van der Waals surface area contributed by atoms with Crippen molar-refractivity contribution < 1.29 is 0 Å². The number of anilines is 1. The van der Waals surface area contributed by atoms with Crippen molar-refractivity contribution in [2.75, 3.05) is 5.73 Å². The van der Waals surface area contributed by atoms with Gasteiger partial charge < -0.3 is 5.73 Å². The van der Waals surface area contributed by atoms with Crippen molar-refractivity contribution in [3.63, 3.8) is 0 Å². The number of hydrogen-bond acceptors (Lipinski definition) is 3. The SMILES string of the molecule is Nc1c(C2CCC2)nnn1C1CCC1. The number of aromatic nitrogens is 3. The maximum absolute atomic E-state index is 6.06. The third kappa shape index (κ3) is 1.06. The van der Waals surface area contributed by atoms with Crippen molar-refractivity contribution in [2.45, 2.75) is 50.5 Å². The van der Waals surface area contributed by atoms with Gasteiger partial charge in [0.1, 0.15) is 11.5 Å². The van der Waals surface area contributed by atoms with E-state index in [-0.39, 0.29) is 0 Å². The molecule has 2 aliphatic rings. The van der Waals surface area contributed by atoms with E-state index < -0.39 is 0 Å². The zero-order valence-electron chi connectivity index (χ0n) is 8.32. The molecule has 0 aliphatic heterocycles. The minimum absolute atomic E-state index is 0.538. The van der Waals surface area contributed by atoms with Gasteiger partial charge in [-0.05, 0) is 32.1 Å². The van der Waals surface area contributed by atoms with E-state index in [1.165, 1.54) is 38.5 Å². The third-order valence-electron chi connectivity index (χ3n) is 3.67. The van der Waals surface area contributed by atoms with E-state index in [0.717, 1.165) is 11.5 Å². The molecule has 2 N–H and O–H groups in total. The van der Waals surface area contributed by atoms with E-state index in [9.17, 15) is 0 Å². The molecule has 4 nitrogen and oxygen atoms in total. The molecule has 3 rings (SSSR count). The van der Waals surface area contributed by atoms with Crippen LogP contribution in [0.2, 0.25) is 0 Å². The smallest absolute Gasteiger partial charge is 0.146 e. The number of nitrogens with zero attached hydrogens (tertiary/aromatic N) is 3. The number of hydrogen-bond donors (Lipinski definition) is 1. The van der Waals surface area contributed by atoms with E-state index in [2.05, 4.69) is 10.3 Å². The van der Waals surface area contributed by atoms with Crippen molar-refractivity contribution in [3.05, 3.63) is 5.69 Å². The molecule has 1 aromatic rings. The first kappa shape index (κ1) is 8.26. The van der Waals surface area contributed by atoms with Gasteiger partial charge in [-0.2, -0.15) is 0 Å². The third-order valence-corrected chi connectivity index (χ3v) is 3.67. The molecule has 2 aliphatic carbocycles. The van der Waals surface area contributed by atoms with Gasteiger partial charge in [-0.25, -0.2) is 4.68 Å². The normalized spacial score (nSPS) is 23.1. The fourth-order valence-electron chi connectivity index (χ4n) is 2.19. The highest BCUT2D eigenvalue weighted by Gasteiger charge is 2.29. The highest BCUT2D eigenvalue weighted by atomic mass is 15.5. The monoisotopic (exact) mass is 192 g/mol. The second-order valence-electron chi connectivity index (χ2n) is 4.52. The largest absolute Gasteiger partial charge is 0.382 e. The van der Waals surface area contributed by atoms with Crippen LogP contribution in [0.4, 0.5) is 5.82 Å². The summed E-state index contributed by atoms with van der Waals surface area (Å²) in [7, 11) is 0. The Balaban J connectivity index is 1.87. The van der Waals surface area contributed by atoms with Crippen molar-refractivity contribution in [1.82, 2.24) is 15.0 Å². The maximum Gasteiger partial charge on any atom is 0.146 e. The molecule has 76 valence electrons. The Labute approximate surface area is 83.5 Å². The molecule has 0 saturated heterocycles. The standard InChI is InChI=1S/C10H16N4/c11-10-9(7-3-1-4-7)12-13-14(10)8-5-2-6-8/h7-8H,1-6,11H2. The summed E-state index contributed by atoms with van der Waals surface area (Å²) in [6, 6.07) is 0.538. The van der Waals surface area contributed by atoms with Crippen LogP contribution < -0.4 is 5.73 Å². The lowest BCUT2D eigenvalue weighted by molar-refractivity contribution is 0.288. The van der Waals surface area contributed by atoms with Crippen LogP contribution in [-0.2, 0) is 0 Å². The predicted molar refractivity (Wildman–Crippen MR) is 53.9 cm³/mol. The summed E-state index contributed by atoms with van der Waals surface area (Å²) in [5, 5.41) is 8.41. The van der Waals surface area contributed by atoms with Crippen LogP contribution in [-0.4, -0.2) is 15.0 Å². The predicted octanol–water partition coefficient (Wildman–Crippen LogP) is 1.85. The van der Waals surface area contributed by atoms with Crippen molar-refractivity contribution in [1.29, 1.82) is 0 Å². The van der Waals surface area contributed by atoms with Crippen LogP contribution in [0.5, 0.6) is 0 Å². The molecule has 4 heteroatoms. The van der Waals surface area contributed by atoms with E-state index >= 15 is 0 Å². The Hall–Kier alpha value is -1.06. The van der Waals surface area contributed by atoms with Gasteiger partial charge in [0.05, 0.1) is 6.04 Å². The molecule has 0 bridgehead atoms. The number of rotatable bonds is 2. The summed E-state index contributed by atoms with van der Waals surface area (Å²) in [5.41, 5.74) is 7.12. The van der Waals surface area contributed by atoms with Crippen molar-refractivity contribution >= 4 is 5.82 Å². The zero-order chi connectivity index (χ0) is 9.54. The first-order valence-electron chi connectivity index (χ1n) is 5.57. The fourth-order valence-corrected chi connectivity index (χ4v) is 2.19. The molecular formula is C10H16N4. The van der Waals surface area contributed by atoms with Crippen LogP contribution in [0, 0.1) is 0 Å². The lowest BCUT2D eigenvalue weighted by Gasteiger charge is -2.27. The molecule has 1 heterocycles. The van der Waals surface area contributed by atoms with E-state index in [0.29, 0.717) is 12.0 Å². The Morgan fingerprint density at radius 2 is 1.86 bits per heavy atom. The fraction of sp³-hybridized carbons (Fsp3) is 0.800. The quantitative estimate of drug-likeness (QED) is 0.778. The van der Waals surface area contributed by atoms with Crippen molar-refractivity contribution in [3.8, 4) is 0 Å². The first-order chi connectivity index (χ1) is 6.86. The molecule has 1 aromatic heterocycles. The molecule has 0 radical (unpaired) electrons. The Kier molecular flexibility index (Phi) is 1.75. The number of nitrogens with two attached hydrogens (primary N) is 1. The second-order valence-corrected chi connectivity index (χ2v) is 4.52. The summed E-state index contributed by atoms with van der Waals surface area (Å²) < 4.78 is 1.94. The highest BCUT2D eigenvalue weighted by molar-refractivity contribution is 5.38. The van der Waals surface area contributed by atoms with Gasteiger partial charge >= 0.3 is 0 Å². The first-order valence-corrected chi connectivity index (χ1v) is 5.57. The van der Waals surface area contributed by atoms with Gasteiger partial charge in [0.15, 0.2) is 0 Å². The summed E-state index contributed by atoms with van der Waals surface area (Å²) in [4.78, 5) is 0. The average molecular weight is 192 g/mol. The van der Waals surface area contributed by atoms with Gasteiger partial charge in [0.25, 0.3) is 0 Å². The van der Waals surface area contributed by atoms with Crippen LogP contribution in [0.25, 0.3) is 0 Å². The zero-order valence-corrected chi connectivity index (χ0v) is 8.32.